The van der Waals surface area contributed by atoms with Gasteiger partial charge in [-0.15, -0.1) is 0 Å². The van der Waals surface area contributed by atoms with Crippen LogP contribution in [0.2, 0.25) is 0 Å². The minimum Gasteiger partial charge on any atom is -0.260 e. The van der Waals surface area contributed by atoms with E-state index < -0.39 is 0 Å². The van der Waals surface area contributed by atoms with Crippen molar-refractivity contribution in [3.63, 3.8) is 0 Å². The molecule has 0 atom stereocenters. The van der Waals surface area contributed by atoms with E-state index in [-0.39, 0.29) is 0 Å². The third-order valence-electron chi connectivity index (χ3n) is 9.65. The third kappa shape index (κ3) is 8.57. The van der Waals surface area contributed by atoms with Crippen LogP contribution in [0.3, 0.4) is 0 Å². The van der Waals surface area contributed by atoms with Gasteiger partial charge in [0, 0.05) is 58.3 Å². The Hall–Kier alpha value is -7.30. The van der Waals surface area contributed by atoms with Gasteiger partial charge in [-0.3, -0.25) is 20.0 Å². The van der Waals surface area contributed by atoms with Gasteiger partial charge in [0.15, 0.2) is 0 Å². The summed E-state index contributed by atoms with van der Waals surface area (Å²) < 4.78 is 0. The Labute approximate surface area is 330 Å². The maximum absolute atomic E-state index is 4.94. The summed E-state index contributed by atoms with van der Waals surface area (Å²) >= 11 is 0. The van der Waals surface area contributed by atoms with Gasteiger partial charge < -0.3 is 0 Å². The molecule has 0 bridgehead atoms. The molecular formula is C52H42N4. The Morgan fingerprint density at radius 1 is 0.482 bits per heavy atom. The van der Waals surface area contributed by atoms with Crippen molar-refractivity contribution in [2.75, 3.05) is 0 Å². The van der Waals surface area contributed by atoms with E-state index in [0.717, 1.165) is 89.6 Å². The summed E-state index contributed by atoms with van der Waals surface area (Å²) in [6.07, 6.45) is 11.4. The van der Waals surface area contributed by atoms with Gasteiger partial charge in [-0.05, 0) is 83.2 Å². The number of hydrogen-bond donors (Lipinski definition) is 0. The number of benzene rings is 5. The average molecular weight is 723 g/mol. The highest BCUT2D eigenvalue weighted by Gasteiger charge is 2.18. The lowest BCUT2D eigenvalue weighted by molar-refractivity contribution is 1.31. The zero-order chi connectivity index (χ0) is 38.7. The molecule has 0 N–H and O–H groups in total. The summed E-state index contributed by atoms with van der Waals surface area (Å²) in [4.78, 5) is 19.7. The molecule has 4 nitrogen and oxygen atoms in total. The maximum atomic E-state index is 4.94. The van der Waals surface area contributed by atoms with Gasteiger partial charge in [-0.2, -0.15) is 0 Å². The van der Waals surface area contributed by atoms with E-state index in [4.69, 9.17) is 20.0 Å². The van der Waals surface area contributed by atoms with E-state index in [1.165, 1.54) is 0 Å². The Morgan fingerprint density at radius 3 is 1.43 bits per heavy atom. The second kappa shape index (κ2) is 17.7. The fourth-order valence-corrected chi connectivity index (χ4v) is 6.55. The molecule has 7 aromatic rings. The predicted molar refractivity (Wildman–Crippen MR) is 237 cm³/mol. The van der Waals surface area contributed by atoms with Crippen LogP contribution in [-0.4, -0.2) is 21.4 Å². The molecule has 4 heteroatoms. The SMILES string of the molecule is C=C/C(=C\N=C(/C)c1ccccc1)c1cc(-c2ccc(-c3ccccc3)nc2)c(-c2ccc(-c3ccccc3)nc2)cc1/C(C)=C/N=C(\C=C)c1ccccc1. The predicted octanol–water partition coefficient (Wildman–Crippen LogP) is 13.2. The van der Waals surface area contributed by atoms with E-state index in [1.807, 2.05) is 123 Å². The summed E-state index contributed by atoms with van der Waals surface area (Å²) in [6.45, 7) is 12.4. The molecule has 0 aliphatic heterocycles. The lowest BCUT2D eigenvalue weighted by atomic mass is 9.86. The monoisotopic (exact) mass is 722 g/mol. The molecule has 0 saturated carbocycles. The first-order valence-electron chi connectivity index (χ1n) is 18.6. The molecule has 0 amide bonds. The van der Waals surface area contributed by atoms with Gasteiger partial charge in [0.1, 0.15) is 0 Å². The van der Waals surface area contributed by atoms with Crippen molar-refractivity contribution < 1.29 is 0 Å². The van der Waals surface area contributed by atoms with E-state index in [0.29, 0.717) is 0 Å². The normalized spacial score (nSPS) is 12.3. The summed E-state index contributed by atoms with van der Waals surface area (Å²) in [5.74, 6) is 0. The van der Waals surface area contributed by atoms with Gasteiger partial charge in [0.25, 0.3) is 0 Å². The summed E-state index contributed by atoms with van der Waals surface area (Å²) in [7, 11) is 0. The highest BCUT2D eigenvalue weighted by atomic mass is 14.7. The van der Waals surface area contributed by atoms with Crippen molar-refractivity contribution in [2.24, 2.45) is 9.98 Å². The van der Waals surface area contributed by atoms with Crippen molar-refractivity contribution in [1.82, 2.24) is 9.97 Å². The fraction of sp³-hybridized carbons (Fsp3) is 0.0385. The molecule has 5 aromatic carbocycles. The van der Waals surface area contributed by atoms with Crippen molar-refractivity contribution in [2.45, 2.75) is 13.8 Å². The van der Waals surface area contributed by atoms with Gasteiger partial charge >= 0.3 is 0 Å². The van der Waals surface area contributed by atoms with E-state index in [1.54, 1.807) is 6.08 Å². The molecule has 2 aromatic heterocycles. The highest BCUT2D eigenvalue weighted by Crippen LogP contribution is 2.40. The molecule has 2 heterocycles. The molecule has 56 heavy (non-hydrogen) atoms. The summed E-state index contributed by atoms with van der Waals surface area (Å²) in [5.41, 5.74) is 15.5. The van der Waals surface area contributed by atoms with Crippen LogP contribution >= 0.6 is 0 Å². The minimum absolute atomic E-state index is 0.788. The second-order valence-corrected chi connectivity index (χ2v) is 13.3. The Balaban J connectivity index is 1.44. The Bertz CT molecular complexity index is 2570. The van der Waals surface area contributed by atoms with E-state index in [2.05, 4.69) is 92.9 Å². The Morgan fingerprint density at radius 2 is 0.964 bits per heavy atom. The van der Waals surface area contributed by atoms with Gasteiger partial charge in [-0.25, -0.2) is 0 Å². The van der Waals surface area contributed by atoms with E-state index >= 15 is 0 Å². The summed E-state index contributed by atoms with van der Waals surface area (Å²) in [5, 5.41) is 0. The smallest absolute Gasteiger partial charge is 0.0702 e. The number of aromatic nitrogens is 2. The van der Waals surface area contributed by atoms with Crippen LogP contribution in [0.25, 0.3) is 55.9 Å². The van der Waals surface area contributed by atoms with Gasteiger partial charge in [0.05, 0.1) is 17.1 Å². The molecule has 270 valence electrons. The molecule has 7 rings (SSSR count). The zero-order valence-corrected chi connectivity index (χ0v) is 31.7. The van der Waals surface area contributed by atoms with Crippen LogP contribution in [0.15, 0.2) is 218 Å². The van der Waals surface area contributed by atoms with Crippen molar-refractivity contribution in [3.8, 4) is 44.8 Å². The summed E-state index contributed by atoms with van der Waals surface area (Å²) in [6, 6.07) is 53.6. The standard InChI is InChI=1S/C52H42N4/c1-5-39(34-53-38(4)40-19-11-7-12-20-40)47-32-49(45-28-30-52(56-36-45)43-25-17-10-18-26-43)48(44-27-29-51(55-35-44)42-23-15-9-16-24-42)31-46(47)37(3)33-54-50(6-2)41-21-13-8-14-22-41/h5-36H,1-2H2,3-4H3/b37-33+,39-34+,53-38+,54-50+. The van der Waals surface area contributed by atoms with Crippen LogP contribution < -0.4 is 0 Å². The number of pyridine rings is 2. The maximum Gasteiger partial charge on any atom is 0.0702 e. The Kier molecular flexibility index (Phi) is 11.7. The van der Waals surface area contributed by atoms with Gasteiger partial charge in [0.2, 0.25) is 0 Å². The quantitative estimate of drug-likeness (QED) is 0.0931. The number of rotatable bonds is 12. The number of hydrogen-bond acceptors (Lipinski definition) is 4. The second-order valence-electron chi connectivity index (χ2n) is 13.3. The molecule has 0 radical (unpaired) electrons. The van der Waals surface area contributed by atoms with Crippen molar-refractivity contribution >= 4 is 22.6 Å². The van der Waals surface area contributed by atoms with Crippen LogP contribution in [0.5, 0.6) is 0 Å². The number of aliphatic imine (C=N–C) groups is 2. The third-order valence-corrected chi connectivity index (χ3v) is 9.65. The average Bonchev–Trinajstić information content (AvgIpc) is 3.28. The van der Waals surface area contributed by atoms with Crippen LogP contribution in [0.4, 0.5) is 0 Å². The highest BCUT2D eigenvalue weighted by molar-refractivity contribution is 6.09. The first kappa shape index (κ1) is 37.0. The molecule has 0 unspecified atom stereocenters. The van der Waals surface area contributed by atoms with Gasteiger partial charge in [-0.1, -0.05) is 153 Å². The van der Waals surface area contributed by atoms with Crippen LogP contribution in [0.1, 0.15) is 36.1 Å². The number of nitrogens with zero attached hydrogens (tertiary/aromatic N) is 4. The first-order chi connectivity index (χ1) is 27.5. The molecule has 0 aliphatic carbocycles. The zero-order valence-electron chi connectivity index (χ0n) is 31.7. The molecule has 0 spiro atoms. The topological polar surface area (TPSA) is 50.5 Å². The minimum atomic E-state index is 0.788. The number of allylic oxidation sites excluding steroid dienone is 4. The molecule has 0 aliphatic rings. The van der Waals surface area contributed by atoms with E-state index in [9.17, 15) is 0 Å². The molecule has 0 saturated heterocycles. The van der Waals surface area contributed by atoms with Crippen molar-refractivity contribution in [1.29, 1.82) is 0 Å². The van der Waals surface area contributed by atoms with Crippen molar-refractivity contribution in [3.05, 3.63) is 230 Å². The lowest BCUT2D eigenvalue weighted by Crippen LogP contribution is -1.98. The van der Waals surface area contributed by atoms with Crippen LogP contribution in [0, 0.1) is 0 Å². The lowest BCUT2D eigenvalue weighted by Gasteiger charge is -2.19. The molecule has 0 fully saturated rings. The first-order valence-corrected chi connectivity index (χ1v) is 18.6. The largest absolute Gasteiger partial charge is 0.260 e. The fourth-order valence-electron chi connectivity index (χ4n) is 6.55. The van der Waals surface area contributed by atoms with Crippen LogP contribution in [-0.2, 0) is 0 Å². The molecular weight excluding hydrogens is 681 g/mol.